The van der Waals surface area contributed by atoms with E-state index in [9.17, 15) is 9.90 Å². The largest absolute Gasteiger partial charge is 0.390 e. The summed E-state index contributed by atoms with van der Waals surface area (Å²) in [6.45, 7) is 3.90. The molecule has 0 aromatic heterocycles. The molecule has 2 atom stereocenters. The van der Waals surface area contributed by atoms with E-state index in [1.54, 1.807) is 27.9 Å². The molecule has 0 bridgehead atoms. The number of carbonyl (C=O) groups is 1. The summed E-state index contributed by atoms with van der Waals surface area (Å²) in [6.07, 6.45) is -1.15. The van der Waals surface area contributed by atoms with Gasteiger partial charge in [0, 0.05) is 14.1 Å². The SMILES string of the molecule is CN(C)C(=O)C[C@@H](O)[C@H]1COC(C)(C)O1. The Labute approximate surface area is 90.0 Å². The molecule has 0 aromatic carbocycles. The molecule has 0 saturated carbocycles. The van der Waals surface area contributed by atoms with Crippen LogP contribution in [0.25, 0.3) is 0 Å². The van der Waals surface area contributed by atoms with E-state index in [0.29, 0.717) is 6.61 Å². The van der Waals surface area contributed by atoms with E-state index in [-0.39, 0.29) is 12.3 Å². The highest BCUT2D eigenvalue weighted by molar-refractivity contribution is 5.76. The van der Waals surface area contributed by atoms with E-state index in [1.165, 1.54) is 4.90 Å². The summed E-state index contributed by atoms with van der Waals surface area (Å²) in [5, 5.41) is 9.75. The maximum absolute atomic E-state index is 11.3. The lowest BCUT2D eigenvalue weighted by Gasteiger charge is -2.21. The maximum Gasteiger partial charge on any atom is 0.224 e. The van der Waals surface area contributed by atoms with Crippen molar-refractivity contribution >= 4 is 5.91 Å². The zero-order valence-corrected chi connectivity index (χ0v) is 9.69. The minimum atomic E-state index is -0.804. The first-order valence-corrected chi connectivity index (χ1v) is 5.02. The first kappa shape index (κ1) is 12.4. The molecule has 5 nitrogen and oxygen atoms in total. The molecule has 5 heteroatoms. The third-order valence-corrected chi connectivity index (χ3v) is 2.34. The van der Waals surface area contributed by atoms with Crippen molar-refractivity contribution in [3.8, 4) is 0 Å². The summed E-state index contributed by atoms with van der Waals surface area (Å²) in [5.41, 5.74) is 0. The molecule has 1 aliphatic heterocycles. The predicted octanol–water partition coefficient (Wildman–Crippen LogP) is -0.0229. The fourth-order valence-corrected chi connectivity index (χ4v) is 1.40. The van der Waals surface area contributed by atoms with Gasteiger partial charge in [-0.05, 0) is 13.8 Å². The highest BCUT2D eigenvalue weighted by atomic mass is 16.7. The van der Waals surface area contributed by atoms with E-state index >= 15 is 0 Å². The third-order valence-electron chi connectivity index (χ3n) is 2.34. The topological polar surface area (TPSA) is 59.0 Å². The van der Waals surface area contributed by atoms with Gasteiger partial charge in [0.1, 0.15) is 6.10 Å². The van der Waals surface area contributed by atoms with Gasteiger partial charge in [-0.3, -0.25) is 4.79 Å². The van der Waals surface area contributed by atoms with Gasteiger partial charge in [0.15, 0.2) is 5.79 Å². The third kappa shape index (κ3) is 3.44. The number of rotatable bonds is 3. The zero-order chi connectivity index (χ0) is 11.6. The van der Waals surface area contributed by atoms with Crippen LogP contribution in [0.3, 0.4) is 0 Å². The second-order valence-electron chi connectivity index (χ2n) is 4.43. The molecule has 88 valence electrons. The average molecular weight is 217 g/mol. The van der Waals surface area contributed by atoms with Crippen LogP contribution in [0.4, 0.5) is 0 Å². The maximum atomic E-state index is 11.3. The summed E-state index contributed by atoms with van der Waals surface area (Å²) < 4.78 is 10.8. The van der Waals surface area contributed by atoms with Gasteiger partial charge in [0.2, 0.25) is 5.91 Å². The molecule has 0 spiro atoms. The lowest BCUT2D eigenvalue weighted by atomic mass is 10.1. The number of aliphatic hydroxyl groups is 1. The normalized spacial score (nSPS) is 26.3. The number of hydrogen-bond donors (Lipinski definition) is 1. The standard InChI is InChI=1S/C10H19NO4/c1-10(2)14-6-8(15-10)7(12)5-9(13)11(3)4/h7-8,12H,5-6H2,1-4H3/t7-,8-/m1/s1. The van der Waals surface area contributed by atoms with Crippen molar-refractivity contribution in [2.45, 2.75) is 38.3 Å². The van der Waals surface area contributed by atoms with Gasteiger partial charge in [0.05, 0.1) is 19.1 Å². The number of nitrogens with zero attached hydrogens (tertiary/aromatic N) is 1. The smallest absolute Gasteiger partial charge is 0.224 e. The highest BCUT2D eigenvalue weighted by Crippen LogP contribution is 2.25. The molecule has 1 heterocycles. The fraction of sp³-hybridized carbons (Fsp3) is 0.900. The Morgan fingerprint density at radius 3 is 2.60 bits per heavy atom. The second kappa shape index (κ2) is 4.47. The quantitative estimate of drug-likeness (QED) is 0.721. The molecule has 1 N–H and O–H groups in total. The predicted molar refractivity (Wildman–Crippen MR) is 54.2 cm³/mol. The van der Waals surface area contributed by atoms with Crippen LogP contribution in [0.15, 0.2) is 0 Å². The molecule has 15 heavy (non-hydrogen) atoms. The summed E-state index contributed by atoms with van der Waals surface area (Å²) >= 11 is 0. The summed E-state index contributed by atoms with van der Waals surface area (Å²) in [6, 6.07) is 0. The molecular formula is C10H19NO4. The molecule has 0 radical (unpaired) electrons. The highest BCUT2D eigenvalue weighted by Gasteiger charge is 2.37. The van der Waals surface area contributed by atoms with Gasteiger partial charge < -0.3 is 19.5 Å². The van der Waals surface area contributed by atoms with Crippen molar-refractivity contribution < 1.29 is 19.4 Å². The van der Waals surface area contributed by atoms with Crippen LogP contribution in [0.5, 0.6) is 0 Å². The van der Waals surface area contributed by atoms with E-state index in [2.05, 4.69) is 0 Å². The Kier molecular flexibility index (Phi) is 3.70. The number of ether oxygens (including phenoxy) is 2. The molecule has 0 unspecified atom stereocenters. The summed E-state index contributed by atoms with van der Waals surface area (Å²) in [7, 11) is 3.32. The van der Waals surface area contributed by atoms with Gasteiger partial charge >= 0.3 is 0 Å². The second-order valence-corrected chi connectivity index (χ2v) is 4.43. The van der Waals surface area contributed by atoms with E-state index in [1.807, 2.05) is 0 Å². The van der Waals surface area contributed by atoms with Gasteiger partial charge in [-0.2, -0.15) is 0 Å². The minimum absolute atomic E-state index is 0.0666. The molecule has 1 rings (SSSR count). The molecule has 0 aliphatic carbocycles. The van der Waals surface area contributed by atoms with Crippen LogP contribution in [-0.2, 0) is 14.3 Å². The van der Waals surface area contributed by atoms with Gasteiger partial charge in [-0.1, -0.05) is 0 Å². The first-order valence-electron chi connectivity index (χ1n) is 5.02. The Hall–Kier alpha value is -0.650. The Morgan fingerprint density at radius 1 is 1.60 bits per heavy atom. The summed E-state index contributed by atoms with van der Waals surface area (Å²) in [4.78, 5) is 12.8. The average Bonchev–Trinajstić information content (AvgIpc) is 2.45. The van der Waals surface area contributed by atoms with Gasteiger partial charge in [0.25, 0.3) is 0 Å². The van der Waals surface area contributed by atoms with Crippen LogP contribution >= 0.6 is 0 Å². The molecule has 1 fully saturated rings. The fourth-order valence-electron chi connectivity index (χ4n) is 1.40. The van der Waals surface area contributed by atoms with E-state index in [0.717, 1.165) is 0 Å². The van der Waals surface area contributed by atoms with E-state index in [4.69, 9.17) is 9.47 Å². The number of aliphatic hydroxyl groups excluding tert-OH is 1. The summed E-state index contributed by atoms with van der Waals surface area (Å²) in [5.74, 6) is -0.775. The Morgan fingerprint density at radius 2 is 2.20 bits per heavy atom. The lowest BCUT2D eigenvalue weighted by molar-refractivity contribution is -0.155. The van der Waals surface area contributed by atoms with Crippen molar-refractivity contribution in [1.29, 1.82) is 0 Å². The van der Waals surface area contributed by atoms with Crippen molar-refractivity contribution in [3.05, 3.63) is 0 Å². The van der Waals surface area contributed by atoms with Crippen molar-refractivity contribution in [1.82, 2.24) is 4.90 Å². The minimum Gasteiger partial charge on any atom is -0.390 e. The Balaban J connectivity index is 2.42. The lowest BCUT2D eigenvalue weighted by Crippen LogP contribution is -2.35. The van der Waals surface area contributed by atoms with Gasteiger partial charge in [-0.25, -0.2) is 0 Å². The number of hydrogen-bond acceptors (Lipinski definition) is 4. The van der Waals surface area contributed by atoms with E-state index < -0.39 is 18.0 Å². The first-order chi connectivity index (χ1) is 6.82. The molecule has 0 aromatic rings. The van der Waals surface area contributed by atoms with Crippen LogP contribution in [-0.4, -0.2) is 54.6 Å². The molecular weight excluding hydrogens is 198 g/mol. The van der Waals surface area contributed by atoms with Crippen LogP contribution in [0.2, 0.25) is 0 Å². The monoisotopic (exact) mass is 217 g/mol. The molecule has 1 aliphatic rings. The molecule has 1 saturated heterocycles. The van der Waals surface area contributed by atoms with Crippen LogP contribution < -0.4 is 0 Å². The molecule has 1 amide bonds. The zero-order valence-electron chi connectivity index (χ0n) is 9.69. The Bertz CT molecular complexity index is 240. The van der Waals surface area contributed by atoms with Crippen molar-refractivity contribution in [2.75, 3.05) is 20.7 Å². The number of carbonyl (C=O) groups excluding carboxylic acids is 1. The van der Waals surface area contributed by atoms with Crippen LogP contribution in [0.1, 0.15) is 20.3 Å². The van der Waals surface area contributed by atoms with Crippen molar-refractivity contribution in [3.63, 3.8) is 0 Å². The van der Waals surface area contributed by atoms with Crippen molar-refractivity contribution in [2.24, 2.45) is 0 Å². The number of amides is 1. The van der Waals surface area contributed by atoms with Crippen LogP contribution in [0, 0.1) is 0 Å². The van der Waals surface area contributed by atoms with Gasteiger partial charge in [-0.15, -0.1) is 0 Å².